The van der Waals surface area contributed by atoms with Crippen LogP contribution in [0.4, 0.5) is 0 Å². The van der Waals surface area contributed by atoms with Gasteiger partial charge in [-0.2, -0.15) is 4.98 Å². The number of aromatic nitrogens is 2. The van der Waals surface area contributed by atoms with Crippen molar-refractivity contribution < 1.29 is 0 Å². The van der Waals surface area contributed by atoms with E-state index in [1.807, 2.05) is 28.9 Å². The van der Waals surface area contributed by atoms with Gasteiger partial charge in [0.25, 0.3) is 0 Å². The normalized spacial score (nSPS) is 17.5. The molecule has 138 valence electrons. The molecule has 1 saturated heterocycles. The number of likely N-dealkylation sites (N-methyl/N-ethyl adjacent to an activating group) is 1. The summed E-state index contributed by atoms with van der Waals surface area (Å²) in [5.74, 6) is 0.800. The fourth-order valence-electron chi connectivity index (χ4n) is 3.65. The molecule has 0 spiro atoms. The van der Waals surface area contributed by atoms with Crippen molar-refractivity contribution in [3.8, 4) is 0 Å². The highest BCUT2D eigenvalue weighted by atomic mass is 35.5. The molecule has 0 N–H and O–H groups in total. The highest BCUT2D eigenvalue weighted by molar-refractivity contribution is 7.98. The summed E-state index contributed by atoms with van der Waals surface area (Å²) < 4.78 is 1.86. The van der Waals surface area contributed by atoms with Crippen LogP contribution in [0.3, 0.4) is 0 Å². The lowest BCUT2D eigenvalue weighted by molar-refractivity contribution is 0.282. The number of benzene rings is 1. The highest BCUT2D eigenvalue weighted by Gasteiger charge is 2.26. The Morgan fingerprint density at radius 3 is 2.58 bits per heavy atom. The van der Waals surface area contributed by atoms with Crippen LogP contribution in [0.25, 0.3) is 0 Å². The Balaban J connectivity index is 1.59. The van der Waals surface area contributed by atoms with Crippen LogP contribution in [0.1, 0.15) is 23.2 Å². The first kappa shape index (κ1) is 17.9. The van der Waals surface area contributed by atoms with Crippen molar-refractivity contribution in [3.05, 3.63) is 56.6 Å². The molecule has 1 aromatic heterocycles. The average molecular weight is 391 g/mol. The Hall–Kier alpha value is -1.50. The summed E-state index contributed by atoms with van der Waals surface area (Å²) in [4.78, 5) is 19.6. The fourth-order valence-corrected chi connectivity index (χ4v) is 4.81. The Bertz CT molecular complexity index is 844. The Kier molecular flexibility index (Phi) is 5.25. The van der Waals surface area contributed by atoms with Gasteiger partial charge in [-0.3, -0.25) is 0 Å². The van der Waals surface area contributed by atoms with E-state index in [1.165, 1.54) is 16.8 Å². The predicted molar refractivity (Wildman–Crippen MR) is 107 cm³/mol. The average Bonchev–Trinajstić information content (AvgIpc) is 3.12. The number of thioether (sulfide) groups is 1. The van der Waals surface area contributed by atoms with Crippen molar-refractivity contribution in [1.82, 2.24) is 14.6 Å². The third kappa shape index (κ3) is 3.63. The molecular formula is C19H23ClN4OS. The van der Waals surface area contributed by atoms with Crippen LogP contribution < -0.4 is 10.7 Å². The quantitative estimate of drug-likeness (QED) is 0.592. The van der Waals surface area contributed by atoms with Gasteiger partial charge in [0.2, 0.25) is 0 Å². The van der Waals surface area contributed by atoms with Crippen LogP contribution >= 0.6 is 23.4 Å². The molecule has 4 rings (SSSR count). The van der Waals surface area contributed by atoms with E-state index in [4.69, 9.17) is 11.6 Å². The number of nitrogens with zero attached hydrogens (tertiary/aromatic N) is 4. The molecule has 0 bridgehead atoms. The second kappa shape index (κ2) is 7.62. The van der Waals surface area contributed by atoms with Crippen molar-refractivity contribution >= 4 is 23.4 Å². The first-order valence-electron chi connectivity index (χ1n) is 9.07. The van der Waals surface area contributed by atoms with E-state index in [0.29, 0.717) is 0 Å². The second-order valence-electron chi connectivity index (χ2n) is 6.96. The molecule has 1 aromatic carbocycles. The molecule has 1 fully saturated rings. The van der Waals surface area contributed by atoms with E-state index in [2.05, 4.69) is 21.9 Å². The van der Waals surface area contributed by atoms with Crippen molar-refractivity contribution in [2.75, 3.05) is 38.2 Å². The molecule has 0 amide bonds. The minimum atomic E-state index is -0.131. The zero-order valence-corrected chi connectivity index (χ0v) is 16.5. The SMILES string of the molecule is CN1CCN(n2c3c(c(SCc4ccc(Cl)cc4)nc2=O)CCC3)CC1. The van der Waals surface area contributed by atoms with Gasteiger partial charge in [-0.05, 0) is 44.0 Å². The molecule has 5 nitrogen and oxygen atoms in total. The molecule has 2 aliphatic rings. The number of halogens is 1. The van der Waals surface area contributed by atoms with Crippen LogP contribution in [0, 0.1) is 0 Å². The molecule has 2 heterocycles. The molecule has 1 aliphatic heterocycles. The van der Waals surface area contributed by atoms with E-state index < -0.39 is 0 Å². The molecule has 2 aromatic rings. The van der Waals surface area contributed by atoms with Crippen LogP contribution in [0.5, 0.6) is 0 Å². The van der Waals surface area contributed by atoms with Crippen LogP contribution in [-0.2, 0) is 18.6 Å². The lowest BCUT2D eigenvalue weighted by atomic mass is 10.2. The second-order valence-corrected chi connectivity index (χ2v) is 8.36. The lowest BCUT2D eigenvalue weighted by Crippen LogP contribution is -2.54. The van der Waals surface area contributed by atoms with Gasteiger partial charge in [0.1, 0.15) is 5.03 Å². The van der Waals surface area contributed by atoms with Gasteiger partial charge in [-0.15, -0.1) is 11.8 Å². The number of hydrogen-bond acceptors (Lipinski definition) is 5. The number of fused-ring (bicyclic) bond motifs is 1. The van der Waals surface area contributed by atoms with Gasteiger partial charge in [0.05, 0.1) is 5.69 Å². The van der Waals surface area contributed by atoms with Crippen molar-refractivity contribution in [2.24, 2.45) is 0 Å². The summed E-state index contributed by atoms with van der Waals surface area (Å²) in [7, 11) is 2.12. The first-order valence-corrected chi connectivity index (χ1v) is 10.4. The van der Waals surface area contributed by atoms with Gasteiger partial charge < -0.3 is 9.91 Å². The molecule has 7 heteroatoms. The monoisotopic (exact) mass is 390 g/mol. The van der Waals surface area contributed by atoms with Crippen LogP contribution in [-0.4, -0.2) is 47.8 Å². The van der Waals surface area contributed by atoms with Gasteiger partial charge >= 0.3 is 5.69 Å². The van der Waals surface area contributed by atoms with Gasteiger partial charge in [0, 0.05) is 42.5 Å². The lowest BCUT2D eigenvalue weighted by Gasteiger charge is -2.35. The van der Waals surface area contributed by atoms with E-state index in [1.54, 1.807) is 11.8 Å². The van der Waals surface area contributed by atoms with Crippen molar-refractivity contribution in [3.63, 3.8) is 0 Å². The van der Waals surface area contributed by atoms with E-state index in [9.17, 15) is 4.79 Å². The topological polar surface area (TPSA) is 41.4 Å². The molecule has 0 unspecified atom stereocenters. The third-order valence-electron chi connectivity index (χ3n) is 5.13. The van der Waals surface area contributed by atoms with Gasteiger partial charge in [0.15, 0.2) is 0 Å². The summed E-state index contributed by atoms with van der Waals surface area (Å²) in [6.07, 6.45) is 3.08. The molecular weight excluding hydrogens is 368 g/mol. The third-order valence-corrected chi connectivity index (χ3v) is 6.47. The summed E-state index contributed by atoms with van der Waals surface area (Å²) in [6.45, 7) is 3.71. The number of hydrogen-bond donors (Lipinski definition) is 0. The molecule has 0 atom stereocenters. The van der Waals surface area contributed by atoms with Crippen molar-refractivity contribution in [1.29, 1.82) is 0 Å². The maximum Gasteiger partial charge on any atom is 0.367 e. The smallest absolute Gasteiger partial charge is 0.306 e. The Morgan fingerprint density at radius 1 is 1.12 bits per heavy atom. The zero-order valence-electron chi connectivity index (χ0n) is 14.9. The van der Waals surface area contributed by atoms with Crippen molar-refractivity contribution in [2.45, 2.75) is 30.0 Å². The molecule has 0 radical (unpaired) electrons. The van der Waals surface area contributed by atoms with Crippen LogP contribution in [0.15, 0.2) is 34.1 Å². The van der Waals surface area contributed by atoms with E-state index in [0.717, 1.165) is 61.2 Å². The standard InChI is InChI=1S/C19H23ClN4OS/c1-22-9-11-23(12-10-22)24-17-4-2-3-16(17)18(21-19(24)25)26-13-14-5-7-15(20)8-6-14/h5-8H,2-4,9-13H2,1H3. The predicted octanol–water partition coefficient (Wildman–Crippen LogP) is 2.56. The van der Waals surface area contributed by atoms with Gasteiger partial charge in [-0.25, -0.2) is 9.47 Å². The molecule has 1 aliphatic carbocycles. The Morgan fingerprint density at radius 2 is 1.85 bits per heavy atom. The minimum absolute atomic E-state index is 0.131. The van der Waals surface area contributed by atoms with E-state index in [-0.39, 0.29) is 5.69 Å². The number of rotatable bonds is 4. The summed E-state index contributed by atoms with van der Waals surface area (Å²) in [5, 5.41) is 3.82. The Labute approximate surface area is 162 Å². The maximum absolute atomic E-state index is 12.8. The zero-order chi connectivity index (χ0) is 18.1. The summed E-state index contributed by atoms with van der Waals surface area (Å²) in [6, 6.07) is 7.86. The van der Waals surface area contributed by atoms with Crippen LogP contribution in [0.2, 0.25) is 5.02 Å². The molecule has 26 heavy (non-hydrogen) atoms. The number of piperazine rings is 1. The minimum Gasteiger partial charge on any atom is -0.306 e. The summed E-state index contributed by atoms with van der Waals surface area (Å²) in [5.41, 5.74) is 3.50. The highest BCUT2D eigenvalue weighted by Crippen LogP contribution is 2.31. The summed E-state index contributed by atoms with van der Waals surface area (Å²) >= 11 is 7.62. The van der Waals surface area contributed by atoms with E-state index >= 15 is 0 Å². The fraction of sp³-hybridized carbons (Fsp3) is 0.474. The maximum atomic E-state index is 12.8. The largest absolute Gasteiger partial charge is 0.367 e. The van der Waals surface area contributed by atoms with Gasteiger partial charge in [-0.1, -0.05) is 23.7 Å². The first-order chi connectivity index (χ1) is 12.6. The molecule has 0 saturated carbocycles.